The molecule has 144 valence electrons. The lowest BCUT2D eigenvalue weighted by atomic mass is 10.1. The molecule has 0 bridgehead atoms. The molecule has 0 saturated heterocycles. The second kappa shape index (κ2) is 8.65. The van der Waals surface area contributed by atoms with Gasteiger partial charge in [-0.15, -0.1) is 11.3 Å². The molecule has 1 aromatic heterocycles. The number of carbonyl (C=O) groups excluding carboxylic acids is 1. The fourth-order valence-corrected chi connectivity index (χ4v) is 3.78. The second-order valence-corrected chi connectivity index (χ2v) is 7.63. The minimum absolute atomic E-state index is 0.286. The van der Waals surface area contributed by atoms with Crippen LogP contribution < -0.4 is 24.2 Å². The highest BCUT2D eigenvalue weighted by molar-refractivity contribution is 7.07. The smallest absolute Gasteiger partial charge is 0.266 e. The SMILES string of the molecule is COc1cc(OC)cc(C(=O)/C=c2\[nH]c(=O)/c(=C\c3ccc(Cl)cc3Cl)s2)c1. The lowest BCUT2D eigenvalue weighted by molar-refractivity contribution is 0.106. The first-order valence-electron chi connectivity index (χ1n) is 8.04. The molecule has 0 atom stereocenters. The summed E-state index contributed by atoms with van der Waals surface area (Å²) in [4.78, 5) is 27.5. The first-order chi connectivity index (χ1) is 13.4. The van der Waals surface area contributed by atoms with E-state index >= 15 is 0 Å². The fourth-order valence-electron chi connectivity index (χ4n) is 2.44. The number of benzene rings is 2. The van der Waals surface area contributed by atoms with Crippen molar-refractivity contribution in [1.29, 1.82) is 0 Å². The number of aromatic amines is 1. The topological polar surface area (TPSA) is 68.4 Å². The molecule has 1 heterocycles. The van der Waals surface area contributed by atoms with Gasteiger partial charge in [-0.2, -0.15) is 0 Å². The summed E-state index contributed by atoms with van der Waals surface area (Å²) < 4.78 is 11.2. The number of rotatable bonds is 5. The van der Waals surface area contributed by atoms with Gasteiger partial charge in [0.25, 0.3) is 5.56 Å². The molecular formula is C20H15Cl2NO4S. The molecule has 0 saturated carbocycles. The molecule has 1 N–H and O–H groups in total. The summed E-state index contributed by atoms with van der Waals surface area (Å²) in [5.41, 5.74) is 0.740. The quantitative estimate of drug-likeness (QED) is 0.624. The molecule has 5 nitrogen and oxygen atoms in total. The van der Waals surface area contributed by atoms with Gasteiger partial charge in [0.2, 0.25) is 0 Å². The van der Waals surface area contributed by atoms with Crippen molar-refractivity contribution in [1.82, 2.24) is 4.98 Å². The zero-order chi connectivity index (χ0) is 20.3. The Morgan fingerprint density at radius 2 is 1.75 bits per heavy atom. The molecule has 0 aliphatic heterocycles. The van der Waals surface area contributed by atoms with Crippen molar-refractivity contribution in [3.8, 4) is 11.5 Å². The normalized spacial score (nSPS) is 12.3. The Kier molecular flexibility index (Phi) is 6.24. The number of Topliss-reactive ketones (excluding diaryl/α,β-unsaturated/α-hetero) is 1. The zero-order valence-corrected chi connectivity index (χ0v) is 17.2. The van der Waals surface area contributed by atoms with Crippen molar-refractivity contribution in [3.05, 3.63) is 77.1 Å². The molecule has 0 unspecified atom stereocenters. The van der Waals surface area contributed by atoms with Crippen LogP contribution in [-0.2, 0) is 0 Å². The Balaban J connectivity index is 2.00. The van der Waals surface area contributed by atoms with E-state index < -0.39 is 0 Å². The molecule has 0 aliphatic rings. The van der Waals surface area contributed by atoms with Crippen LogP contribution in [0.4, 0.5) is 0 Å². The summed E-state index contributed by atoms with van der Waals surface area (Å²) in [6.07, 6.45) is 3.01. The first-order valence-corrected chi connectivity index (χ1v) is 9.62. The van der Waals surface area contributed by atoms with Gasteiger partial charge < -0.3 is 14.5 Å². The number of halogens is 2. The highest BCUT2D eigenvalue weighted by Gasteiger charge is 2.08. The largest absolute Gasteiger partial charge is 0.497 e. The lowest BCUT2D eigenvalue weighted by Gasteiger charge is -2.06. The van der Waals surface area contributed by atoms with Crippen LogP contribution in [0.25, 0.3) is 12.2 Å². The number of nitrogens with one attached hydrogen (secondary N) is 1. The van der Waals surface area contributed by atoms with Gasteiger partial charge in [0, 0.05) is 27.8 Å². The van der Waals surface area contributed by atoms with Gasteiger partial charge in [-0.1, -0.05) is 29.3 Å². The van der Waals surface area contributed by atoms with Crippen molar-refractivity contribution >= 4 is 52.5 Å². The highest BCUT2D eigenvalue weighted by atomic mass is 35.5. The minimum atomic E-state index is -0.307. The van der Waals surface area contributed by atoms with Gasteiger partial charge in [-0.25, -0.2) is 0 Å². The van der Waals surface area contributed by atoms with Gasteiger partial charge in [-0.05, 0) is 35.9 Å². The predicted molar refractivity (Wildman–Crippen MR) is 113 cm³/mol. The Labute approximate surface area is 174 Å². The molecule has 3 aromatic rings. The van der Waals surface area contributed by atoms with E-state index in [1.807, 2.05) is 0 Å². The zero-order valence-electron chi connectivity index (χ0n) is 14.9. The van der Waals surface area contributed by atoms with Crippen LogP contribution in [0.3, 0.4) is 0 Å². The Bertz CT molecular complexity index is 1190. The summed E-state index contributed by atoms with van der Waals surface area (Å²) >= 11 is 13.2. The number of ether oxygens (including phenoxy) is 2. The fraction of sp³-hybridized carbons (Fsp3) is 0.100. The Morgan fingerprint density at radius 1 is 1.07 bits per heavy atom. The standard InChI is InChI=1S/C20H15Cl2NO4S/c1-26-14-5-12(6-15(9-14)27-2)17(24)10-19-23-20(25)18(28-19)7-11-3-4-13(21)8-16(11)22/h3-10H,1-2H3,(H,23,25)/b18-7+,19-10+. The number of carbonyl (C=O) groups is 1. The van der Waals surface area contributed by atoms with E-state index in [1.54, 1.807) is 42.5 Å². The summed E-state index contributed by atoms with van der Waals surface area (Å²) in [7, 11) is 3.01. The van der Waals surface area contributed by atoms with E-state index in [2.05, 4.69) is 4.98 Å². The average molecular weight is 436 g/mol. The van der Waals surface area contributed by atoms with Crippen LogP contribution in [-0.4, -0.2) is 25.0 Å². The maximum absolute atomic E-state index is 12.6. The van der Waals surface area contributed by atoms with Gasteiger partial charge >= 0.3 is 0 Å². The molecule has 2 aromatic carbocycles. The summed E-state index contributed by atoms with van der Waals surface area (Å²) in [6.45, 7) is 0. The third kappa shape index (κ3) is 4.65. The van der Waals surface area contributed by atoms with Gasteiger partial charge in [0.05, 0.1) is 23.4 Å². The van der Waals surface area contributed by atoms with Crippen LogP contribution in [0.15, 0.2) is 41.2 Å². The van der Waals surface area contributed by atoms with E-state index in [9.17, 15) is 9.59 Å². The summed E-state index contributed by atoms with van der Waals surface area (Å²) in [5.74, 6) is 0.718. The van der Waals surface area contributed by atoms with Gasteiger partial charge in [0.15, 0.2) is 5.78 Å². The van der Waals surface area contributed by atoms with Crippen molar-refractivity contribution in [3.63, 3.8) is 0 Å². The summed E-state index contributed by atoms with van der Waals surface area (Å²) in [6, 6.07) is 9.89. The first kappa shape index (κ1) is 20.2. The van der Waals surface area contributed by atoms with E-state index in [4.69, 9.17) is 32.7 Å². The van der Waals surface area contributed by atoms with Gasteiger partial charge in [0.1, 0.15) is 11.5 Å². The number of aromatic nitrogens is 1. The number of hydrogen-bond acceptors (Lipinski definition) is 5. The molecule has 0 fully saturated rings. The van der Waals surface area contributed by atoms with Crippen LogP contribution >= 0.6 is 34.5 Å². The second-order valence-electron chi connectivity index (χ2n) is 5.70. The van der Waals surface area contributed by atoms with Crippen LogP contribution in [0.1, 0.15) is 15.9 Å². The molecular weight excluding hydrogens is 421 g/mol. The maximum Gasteiger partial charge on any atom is 0.266 e. The van der Waals surface area contributed by atoms with Crippen LogP contribution in [0, 0.1) is 0 Å². The molecule has 8 heteroatoms. The van der Waals surface area contributed by atoms with Crippen molar-refractivity contribution in [2.24, 2.45) is 0 Å². The molecule has 0 radical (unpaired) electrons. The van der Waals surface area contributed by atoms with Gasteiger partial charge in [-0.3, -0.25) is 9.59 Å². The van der Waals surface area contributed by atoms with Crippen molar-refractivity contribution < 1.29 is 14.3 Å². The highest BCUT2D eigenvalue weighted by Crippen LogP contribution is 2.23. The third-order valence-corrected chi connectivity index (χ3v) is 5.35. The number of ketones is 1. The van der Waals surface area contributed by atoms with Crippen LogP contribution in [0.2, 0.25) is 10.0 Å². The van der Waals surface area contributed by atoms with E-state index in [0.29, 0.717) is 41.9 Å². The lowest BCUT2D eigenvalue weighted by Crippen LogP contribution is -2.20. The summed E-state index contributed by atoms with van der Waals surface area (Å²) in [5, 5.41) is 0.945. The molecule has 0 amide bonds. The van der Waals surface area contributed by atoms with E-state index in [1.165, 1.54) is 20.3 Å². The monoisotopic (exact) mass is 435 g/mol. The molecule has 0 aliphatic carbocycles. The molecule has 0 spiro atoms. The third-order valence-electron chi connectivity index (χ3n) is 3.83. The number of methoxy groups -OCH3 is 2. The Hall–Kier alpha value is -2.54. The average Bonchev–Trinajstić information content (AvgIpc) is 3.02. The van der Waals surface area contributed by atoms with Crippen LogP contribution in [0.5, 0.6) is 11.5 Å². The van der Waals surface area contributed by atoms with Crippen molar-refractivity contribution in [2.45, 2.75) is 0 Å². The number of H-pyrrole nitrogens is 1. The minimum Gasteiger partial charge on any atom is -0.497 e. The van der Waals surface area contributed by atoms with E-state index in [-0.39, 0.29) is 11.3 Å². The molecule has 3 rings (SSSR count). The van der Waals surface area contributed by atoms with E-state index in [0.717, 1.165) is 11.3 Å². The number of thiazole rings is 1. The maximum atomic E-state index is 12.6. The number of hydrogen-bond donors (Lipinski definition) is 1. The predicted octanol–water partition coefficient (Wildman–Crippen LogP) is 3.25. The van der Waals surface area contributed by atoms with Crippen molar-refractivity contribution in [2.75, 3.05) is 14.2 Å². The molecule has 28 heavy (non-hydrogen) atoms. The Morgan fingerprint density at radius 3 is 2.36 bits per heavy atom.